The lowest BCUT2D eigenvalue weighted by Crippen LogP contribution is -2.62. The number of aliphatic hydroxyl groups excluding tert-OH is 3. The summed E-state index contributed by atoms with van der Waals surface area (Å²) in [5, 5.41) is 35.4. The van der Waals surface area contributed by atoms with Gasteiger partial charge in [-0.05, 0) is 116 Å². The molecule has 5 fully saturated rings. The molecule has 0 aromatic carbocycles. The Hall–Kier alpha value is -0.850. The third-order valence-corrected chi connectivity index (χ3v) is 13.0. The van der Waals surface area contributed by atoms with E-state index in [-0.39, 0.29) is 29.1 Å². The third-order valence-electron chi connectivity index (χ3n) is 13.0. The minimum absolute atomic E-state index is 0.180. The minimum atomic E-state index is -0.459. The van der Waals surface area contributed by atoms with Gasteiger partial charge in [-0.3, -0.25) is 0 Å². The molecule has 0 aromatic heterocycles. The Labute approximate surface area is 230 Å². The van der Waals surface area contributed by atoms with E-state index < -0.39 is 12.2 Å². The van der Waals surface area contributed by atoms with Crippen LogP contribution in [-0.4, -0.2) is 52.4 Å². The highest BCUT2D eigenvalue weighted by atomic mass is 16.5. The molecule has 2 unspecified atom stereocenters. The summed E-state index contributed by atoms with van der Waals surface area (Å²) < 4.78 is 5.58. The summed E-state index contributed by atoms with van der Waals surface area (Å²) in [6, 6.07) is -0.180. The van der Waals surface area contributed by atoms with E-state index in [1.807, 2.05) is 0 Å². The highest BCUT2D eigenvalue weighted by Crippen LogP contribution is 2.69. The Bertz CT molecular complexity index is 837. The molecule has 38 heavy (non-hydrogen) atoms. The molecule has 6 nitrogen and oxygen atoms in total. The quantitative estimate of drug-likeness (QED) is 0.353. The fourth-order valence-corrected chi connectivity index (χ4v) is 10.9. The standard InChI is InChI=1S/C32H55NO5/c1-5-21-25-18-20(34)12-15-32(25,4)24-13-16-31(3)22(10-11-23(31)28(24)29(21)36)19(2)14-17-38-30(37)33-26-8-6-7-9-27(26)35/h19-29,34-36H,5-18H2,1-4H3,(H,33,37)/t19-,20-,21-,22-,23+,24+,25?,26+,27+,28?,29-,31-,32-/m1/s1. The molecule has 218 valence electrons. The molecule has 4 N–H and O–H groups in total. The molecule has 0 radical (unpaired) electrons. The highest BCUT2D eigenvalue weighted by molar-refractivity contribution is 5.67. The minimum Gasteiger partial charge on any atom is -0.450 e. The zero-order valence-electron chi connectivity index (χ0n) is 24.4. The predicted octanol–water partition coefficient (Wildman–Crippen LogP) is 5.67. The van der Waals surface area contributed by atoms with Gasteiger partial charge in [0.25, 0.3) is 0 Å². The van der Waals surface area contributed by atoms with Crippen LogP contribution in [-0.2, 0) is 4.74 Å². The predicted molar refractivity (Wildman–Crippen MR) is 148 cm³/mol. The summed E-state index contributed by atoms with van der Waals surface area (Å²) in [5.41, 5.74) is 0.466. The van der Waals surface area contributed by atoms with Crippen LogP contribution in [0.15, 0.2) is 0 Å². The van der Waals surface area contributed by atoms with Crippen molar-refractivity contribution in [2.45, 2.75) is 136 Å². The normalized spacial score (nSPS) is 49.3. The van der Waals surface area contributed by atoms with Crippen LogP contribution in [0.25, 0.3) is 0 Å². The van der Waals surface area contributed by atoms with Crippen LogP contribution in [0.5, 0.6) is 0 Å². The Morgan fingerprint density at radius 1 is 0.947 bits per heavy atom. The molecule has 5 aliphatic carbocycles. The van der Waals surface area contributed by atoms with E-state index in [2.05, 4.69) is 33.0 Å². The van der Waals surface area contributed by atoms with Gasteiger partial charge >= 0.3 is 6.09 Å². The van der Waals surface area contributed by atoms with Gasteiger partial charge in [-0.25, -0.2) is 4.79 Å². The monoisotopic (exact) mass is 533 g/mol. The van der Waals surface area contributed by atoms with Crippen molar-refractivity contribution in [1.82, 2.24) is 5.32 Å². The summed E-state index contributed by atoms with van der Waals surface area (Å²) in [6.07, 6.45) is 11.9. The van der Waals surface area contributed by atoms with Crippen LogP contribution < -0.4 is 5.32 Å². The van der Waals surface area contributed by atoms with E-state index in [9.17, 15) is 20.1 Å². The van der Waals surface area contributed by atoms with E-state index in [1.165, 1.54) is 25.7 Å². The smallest absolute Gasteiger partial charge is 0.407 e. The summed E-state index contributed by atoms with van der Waals surface area (Å²) in [7, 11) is 0. The fourth-order valence-electron chi connectivity index (χ4n) is 10.9. The number of hydrogen-bond donors (Lipinski definition) is 4. The molecule has 13 atom stereocenters. The number of alkyl carbamates (subject to hydrolysis) is 1. The third kappa shape index (κ3) is 4.93. The SMILES string of the molecule is CC[C@@H]1C2C[C@H](O)CC[C@]2(C)[C@H]2CC[C@]3(C)[C@@H]([C@H](C)CCOC(=O)N[C@H]4CCCC[C@@H]4O)CC[C@H]3C2[C@@H]1O. The molecule has 6 heteroatoms. The second-order valence-corrected chi connectivity index (χ2v) is 14.6. The summed E-state index contributed by atoms with van der Waals surface area (Å²) in [5.74, 6) is 3.27. The molecule has 0 heterocycles. The first-order valence-corrected chi connectivity index (χ1v) is 16.1. The Morgan fingerprint density at radius 3 is 2.39 bits per heavy atom. The van der Waals surface area contributed by atoms with Crippen molar-refractivity contribution in [2.24, 2.45) is 52.3 Å². The highest BCUT2D eigenvalue weighted by Gasteiger charge is 2.64. The average Bonchev–Trinajstić information content (AvgIpc) is 3.24. The van der Waals surface area contributed by atoms with Crippen molar-refractivity contribution in [3.8, 4) is 0 Å². The first kappa shape index (κ1) is 28.7. The van der Waals surface area contributed by atoms with Crippen LogP contribution in [0.1, 0.15) is 111 Å². The maximum absolute atomic E-state index is 12.4. The molecular formula is C32H55NO5. The van der Waals surface area contributed by atoms with Crippen LogP contribution >= 0.6 is 0 Å². The summed E-state index contributed by atoms with van der Waals surface area (Å²) in [4.78, 5) is 12.4. The number of carbonyl (C=O) groups is 1. The molecule has 0 bridgehead atoms. The Balaban J connectivity index is 1.22. The van der Waals surface area contributed by atoms with Crippen molar-refractivity contribution in [2.75, 3.05) is 6.61 Å². The molecule has 5 aliphatic rings. The molecule has 0 aliphatic heterocycles. The van der Waals surface area contributed by atoms with Gasteiger partial charge in [0.05, 0.1) is 31.0 Å². The van der Waals surface area contributed by atoms with Crippen LogP contribution in [0, 0.1) is 52.3 Å². The number of aliphatic hydroxyl groups is 3. The zero-order valence-corrected chi connectivity index (χ0v) is 24.4. The van der Waals surface area contributed by atoms with Gasteiger partial charge in [-0.2, -0.15) is 0 Å². The largest absolute Gasteiger partial charge is 0.450 e. The Morgan fingerprint density at radius 2 is 1.66 bits per heavy atom. The lowest BCUT2D eigenvalue weighted by Gasteiger charge is -2.64. The number of nitrogens with one attached hydrogen (secondary N) is 1. The van der Waals surface area contributed by atoms with Gasteiger partial charge in [-0.15, -0.1) is 0 Å². The second-order valence-electron chi connectivity index (χ2n) is 14.6. The molecule has 0 aromatic rings. The van der Waals surface area contributed by atoms with E-state index >= 15 is 0 Å². The number of fused-ring (bicyclic) bond motifs is 5. The Kier molecular flexibility index (Phi) is 8.45. The van der Waals surface area contributed by atoms with Crippen molar-refractivity contribution >= 4 is 6.09 Å². The van der Waals surface area contributed by atoms with Gasteiger partial charge in [0, 0.05) is 0 Å². The van der Waals surface area contributed by atoms with E-state index in [0.29, 0.717) is 48.0 Å². The van der Waals surface area contributed by atoms with Crippen molar-refractivity contribution < 1.29 is 24.9 Å². The summed E-state index contributed by atoms with van der Waals surface area (Å²) in [6.45, 7) is 10.0. The van der Waals surface area contributed by atoms with Crippen molar-refractivity contribution in [3.63, 3.8) is 0 Å². The topological polar surface area (TPSA) is 99.0 Å². The molecule has 5 rings (SSSR count). The molecule has 0 spiro atoms. The number of ether oxygens (including phenoxy) is 1. The van der Waals surface area contributed by atoms with Crippen LogP contribution in [0.3, 0.4) is 0 Å². The first-order chi connectivity index (χ1) is 18.1. The maximum Gasteiger partial charge on any atom is 0.407 e. The van der Waals surface area contributed by atoms with Gasteiger partial charge in [0.1, 0.15) is 0 Å². The number of hydrogen-bond acceptors (Lipinski definition) is 5. The van der Waals surface area contributed by atoms with Gasteiger partial charge in [-0.1, -0.05) is 47.0 Å². The number of rotatable bonds is 6. The van der Waals surface area contributed by atoms with Gasteiger partial charge < -0.3 is 25.4 Å². The van der Waals surface area contributed by atoms with E-state index in [1.54, 1.807) is 0 Å². The maximum atomic E-state index is 12.4. The zero-order chi connectivity index (χ0) is 27.2. The second kappa shape index (κ2) is 11.2. The number of amides is 1. The van der Waals surface area contributed by atoms with Crippen molar-refractivity contribution in [3.05, 3.63) is 0 Å². The molecule has 1 amide bonds. The lowest BCUT2D eigenvalue weighted by atomic mass is 9.41. The lowest BCUT2D eigenvalue weighted by molar-refractivity contribution is -0.203. The molecule has 0 saturated heterocycles. The van der Waals surface area contributed by atoms with Gasteiger partial charge in [0.2, 0.25) is 0 Å². The van der Waals surface area contributed by atoms with Crippen molar-refractivity contribution in [1.29, 1.82) is 0 Å². The van der Waals surface area contributed by atoms with Gasteiger partial charge in [0.15, 0.2) is 0 Å². The molecular weight excluding hydrogens is 478 g/mol. The van der Waals surface area contributed by atoms with E-state index in [0.717, 1.165) is 57.8 Å². The first-order valence-electron chi connectivity index (χ1n) is 16.1. The number of carbonyl (C=O) groups excluding carboxylic acids is 1. The average molecular weight is 534 g/mol. The van der Waals surface area contributed by atoms with Crippen LogP contribution in [0.4, 0.5) is 4.79 Å². The van der Waals surface area contributed by atoms with E-state index in [4.69, 9.17) is 4.74 Å². The molecule has 5 saturated carbocycles. The summed E-state index contributed by atoms with van der Waals surface area (Å²) >= 11 is 0. The van der Waals surface area contributed by atoms with Crippen LogP contribution in [0.2, 0.25) is 0 Å². The fraction of sp³-hybridized carbons (Fsp3) is 0.969.